The van der Waals surface area contributed by atoms with Crippen molar-refractivity contribution in [2.75, 3.05) is 11.9 Å². The number of aryl methyl sites for hydroxylation is 1. The van der Waals surface area contributed by atoms with Crippen molar-refractivity contribution in [2.24, 2.45) is 0 Å². The summed E-state index contributed by atoms with van der Waals surface area (Å²) in [5.74, 6) is -0.217. The predicted octanol–water partition coefficient (Wildman–Crippen LogP) is 4.37. The third-order valence-electron chi connectivity index (χ3n) is 7.35. The summed E-state index contributed by atoms with van der Waals surface area (Å²) in [7, 11) is 0. The van der Waals surface area contributed by atoms with Crippen LogP contribution in [-0.4, -0.2) is 66.9 Å². The van der Waals surface area contributed by atoms with Gasteiger partial charge in [0.1, 0.15) is 0 Å². The summed E-state index contributed by atoms with van der Waals surface area (Å²) < 4.78 is 2.56. The van der Waals surface area contributed by atoms with Crippen LogP contribution in [0.25, 0.3) is 21.1 Å². The minimum atomic E-state index is -1.12. The van der Waals surface area contributed by atoms with Gasteiger partial charge in [-0.2, -0.15) is 0 Å². The summed E-state index contributed by atoms with van der Waals surface area (Å²) >= 11 is 1.34. The molecule has 38 heavy (non-hydrogen) atoms. The SMILES string of the molecule is Cc1cc2cc(Nc3ccnc4cc(C(=O)N5CC(O)CC5C(C)(C)O)sc34)ccc2n1C(=O)NC1CC1. The first-order valence-corrected chi connectivity index (χ1v) is 13.7. The van der Waals surface area contributed by atoms with Gasteiger partial charge in [-0.05, 0) is 76.4 Å². The quantitative estimate of drug-likeness (QED) is 0.303. The van der Waals surface area contributed by atoms with Crippen molar-refractivity contribution in [3.8, 4) is 0 Å². The lowest BCUT2D eigenvalue weighted by molar-refractivity contribution is 0.000157. The number of anilines is 2. The Morgan fingerprint density at radius 1 is 1.16 bits per heavy atom. The molecule has 4 N–H and O–H groups in total. The van der Waals surface area contributed by atoms with Gasteiger partial charge < -0.3 is 25.7 Å². The number of aliphatic hydroxyl groups excluding tert-OH is 1. The van der Waals surface area contributed by atoms with Gasteiger partial charge in [-0.25, -0.2) is 4.79 Å². The summed E-state index contributed by atoms with van der Waals surface area (Å²) in [6.45, 7) is 5.45. The number of aliphatic hydroxyl groups is 2. The Kier molecular flexibility index (Phi) is 5.93. The van der Waals surface area contributed by atoms with Gasteiger partial charge in [-0.15, -0.1) is 11.3 Å². The van der Waals surface area contributed by atoms with E-state index in [4.69, 9.17) is 0 Å². The number of aromatic nitrogens is 2. The van der Waals surface area contributed by atoms with Gasteiger partial charge in [0.05, 0.1) is 44.0 Å². The number of nitrogens with one attached hydrogen (secondary N) is 2. The maximum Gasteiger partial charge on any atom is 0.326 e. The van der Waals surface area contributed by atoms with Crippen molar-refractivity contribution in [3.05, 3.63) is 53.2 Å². The number of carbonyl (C=O) groups is 2. The molecule has 2 aliphatic rings. The highest BCUT2D eigenvalue weighted by molar-refractivity contribution is 7.21. The molecule has 1 aliphatic heterocycles. The molecule has 1 aliphatic carbocycles. The molecule has 10 heteroatoms. The van der Waals surface area contributed by atoms with Gasteiger partial charge in [-0.3, -0.25) is 14.3 Å². The summed E-state index contributed by atoms with van der Waals surface area (Å²) in [6, 6.07) is 11.3. The van der Waals surface area contributed by atoms with Gasteiger partial charge in [0.2, 0.25) is 0 Å². The van der Waals surface area contributed by atoms with E-state index in [9.17, 15) is 19.8 Å². The smallest absolute Gasteiger partial charge is 0.326 e. The number of nitrogens with zero attached hydrogens (tertiary/aromatic N) is 3. The van der Waals surface area contributed by atoms with E-state index in [-0.39, 0.29) is 24.5 Å². The van der Waals surface area contributed by atoms with Crippen molar-refractivity contribution in [1.82, 2.24) is 19.8 Å². The highest BCUT2D eigenvalue weighted by Crippen LogP contribution is 2.36. The Labute approximate surface area is 224 Å². The topological polar surface area (TPSA) is 120 Å². The molecule has 2 fully saturated rings. The molecule has 3 aromatic heterocycles. The Morgan fingerprint density at radius 3 is 2.68 bits per heavy atom. The first kappa shape index (κ1) is 24.8. The van der Waals surface area contributed by atoms with Gasteiger partial charge in [0, 0.05) is 35.6 Å². The molecule has 2 unspecified atom stereocenters. The third-order valence-corrected chi connectivity index (χ3v) is 8.50. The molecule has 0 radical (unpaired) electrons. The van der Waals surface area contributed by atoms with Crippen molar-refractivity contribution in [1.29, 1.82) is 0 Å². The minimum Gasteiger partial charge on any atom is -0.391 e. The molecule has 198 valence electrons. The maximum atomic E-state index is 13.4. The molecular weight excluding hydrogens is 502 g/mol. The standard InChI is InChI=1S/C28H31N5O4S/c1-15-10-16-11-18(6-7-22(16)33(15)27(36)31-17-4-5-17)30-20-8-9-29-21-13-23(38-25(20)21)26(35)32-14-19(34)12-24(32)28(2,3)37/h6-11,13,17,19,24,34,37H,4-5,12,14H2,1-3H3,(H,29,30)(H,31,36). The number of thiophene rings is 1. The number of benzene rings is 1. The van der Waals surface area contributed by atoms with Crippen molar-refractivity contribution >= 4 is 55.8 Å². The van der Waals surface area contributed by atoms with E-state index < -0.39 is 17.7 Å². The number of likely N-dealkylation sites (tertiary alicyclic amines) is 1. The highest BCUT2D eigenvalue weighted by atomic mass is 32.1. The third kappa shape index (κ3) is 4.53. The van der Waals surface area contributed by atoms with Gasteiger partial charge >= 0.3 is 6.03 Å². The van der Waals surface area contributed by atoms with Crippen LogP contribution in [0.2, 0.25) is 0 Å². The number of fused-ring (bicyclic) bond motifs is 2. The van der Waals surface area contributed by atoms with Crippen LogP contribution in [0.4, 0.5) is 16.2 Å². The van der Waals surface area contributed by atoms with Crippen molar-refractivity contribution < 1.29 is 19.8 Å². The Balaban J connectivity index is 1.28. The minimum absolute atomic E-state index is 0.0929. The molecule has 6 rings (SSSR count). The molecule has 9 nitrogen and oxygen atoms in total. The summed E-state index contributed by atoms with van der Waals surface area (Å²) in [6.07, 6.45) is 3.46. The zero-order chi connectivity index (χ0) is 26.8. The van der Waals surface area contributed by atoms with Crippen molar-refractivity contribution in [3.63, 3.8) is 0 Å². The molecule has 2 atom stereocenters. The molecular formula is C28H31N5O4S. The number of β-amino-alcohol motifs (C(OH)–C–C–N with tert-alkyl or cyclic N) is 1. The number of hydrogen-bond acceptors (Lipinski definition) is 7. The van der Waals surface area contributed by atoms with Crippen LogP contribution in [-0.2, 0) is 0 Å². The monoisotopic (exact) mass is 533 g/mol. The van der Waals surface area contributed by atoms with Crippen LogP contribution >= 0.6 is 11.3 Å². The van der Waals surface area contributed by atoms with Gasteiger partial charge in [0.15, 0.2) is 0 Å². The Bertz CT molecular complexity index is 1560. The first-order valence-electron chi connectivity index (χ1n) is 12.9. The maximum absolute atomic E-state index is 13.4. The molecule has 1 saturated heterocycles. The highest BCUT2D eigenvalue weighted by Gasteiger charge is 2.43. The van der Waals surface area contributed by atoms with E-state index in [1.807, 2.05) is 37.3 Å². The predicted molar refractivity (Wildman–Crippen MR) is 148 cm³/mol. The number of carbonyl (C=O) groups excluding carboxylic acids is 2. The Morgan fingerprint density at radius 2 is 1.95 bits per heavy atom. The fourth-order valence-electron chi connectivity index (χ4n) is 5.31. The average Bonchev–Trinajstić information content (AvgIpc) is 3.25. The summed E-state index contributed by atoms with van der Waals surface area (Å²) in [4.78, 5) is 32.7. The second kappa shape index (κ2) is 9.07. The van der Waals surface area contributed by atoms with Crippen molar-refractivity contribution in [2.45, 2.75) is 63.8 Å². The van der Waals surface area contributed by atoms with E-state index in [0.717, 1.165) is 45.5 Å². The summed E-state index contributed by atoms with van der Waals surface area (Å²) in [5.41, 5.74) is 2.98. The largest absolute Gasteiger partial charge is 0.391 e. The second-order valence-electron chi connectivity index (χ2n) is 10.9. The second-order valence-corrected chi connectivity index (χ2v) is 12.0. The van der Waals surface area contributed by atoms with Crippen LogP contribution < -0.4 is 10.6 Å². The van der Waals surface area contributed by atoms with E-state index >= 15 is 0 Å². The van der Waals surface area contributed by atoms with E-state index in [0.29, 0.717) is 16.8 Å². The lowest BCUT2D eigenvalue weighted by atomic mass is 9.96. The van der Waals surface area contributed by atoms with Crippen LogP contribution in [0.5, 0.6) is 0 Å². The van der Waals surface area contributed by atoms with Crippen LogP contribution in [0.1, 0.15) is 48.5 Å². The normalized spacial score (nSPS) is 19.9. The van der Waals surface area contributed by atoms with E-state index in [1.165, 1.54) is 11.3 Å². The lowest BCUT2D eigenvalue weighted by Gasteiger charge is -2.33. The first-order chi connectivity index (χ1) is 18.1. The van der Waals surface area contributed by atoms with E-state index in [1.54, 1.807) is 35.6 Å². The Hall–Kier alpha value is -3.47. The number of rotatable bonds is 5. The molecule has 4 heterocycles. The molecule has 1 aromatic carbocycles. The molecule has 0 bridgehead atoms. The van der Waals surface area contributed by atoms with Gasteiger partial charge in [-0.1, -0.05) is 0 Å². The van der Waals surface area contributed by atoms with Crippen LogP contribution in [0.3, 0.4) is 0 Å². The molecule has 2 amide bonds. The number of pyridine rings is 1. The van der Waals surface area contributed by atoms with E-state index in [2.05, 4.69) is 15.6 Å². The van der Waals surface area contributed by atoms with Gasteiger partial charge in [0.25, 0.3) is 5.91 Å². The molecule has 4 aromatic rings. The molecule has 1 saturated carbocycles. The lowest BCUT2D eigenvalue weighted by Crippen LogP contribution is -2.48. The number of hydrogen-bond donors (Lipinski definition) is 4. The fourth-order valence-corrected chi connectivity index (χ4v) is 6.35. The van der Waals surface area contributed by atoms with Crippen LogP contribution in [0.15, 0.2) is 42.6 Å². The number of amides is 2. The zero-order valence-corrected chi connectivity index (χ0v) is 22.4. The summed E-state index contributed by atoms with van der Waals surface area (Å²) in [5, 5.41) is 28.2. The van der Waals surface area contributed by atoms with Crippen LogP contribution in [0, 0.1) is 6.92 Å². The zero-order valence-electron chi connectivity index (χ0n) is 21.6. The fraction of sp³-hybridized carbons (Fsp3) is 0.393. The average molecular weight is 534 g/mol. The molecule has 0 spiro atoms.